The molecular weight excluding hydrogens is 250 g/mol. The molecule has 2 atom stereocenters. The van der Waals surface area contributed by atoms with Gasteiger partial charge in [0.25, 0.3) is 0 Å². The number of ether oxygens (including phenoxy) is 1. The summed E-state index contributed by atoms with van der Waals surface area (Å²) in [7, 11) is -3.20. The van der Waals surface area contributed by atoms with Crippen molar-refractivity contribution in [3.63, 3.8) is 0 Å². The maximum Gasteiger partial charge on any atom is 0.232 e. The molecule has 0 aromatic heterocycles. The van der Waals surface area contributed by atoms with Crippen LogP contribution in [0.25, 0.3) is 0 Å². The van der Waals surface area contributed by atoms with Crippen molar-refractivity contribution >= 4 is 15.7 Å². The number of hydrogen-bond donors (Lipinski definition) is 0. The second kappa shape index (κ2) is 4.24. The summed E-state index contributed by atoms with van der Waals surface area (Å²) in [6.07, 6.45) is 3.53. The summed E-state index contributed by atoms with van der Waals surface area (Å²) < 4.78 is 30.9. The van der Waals surface area contributed by atoms with Gasteiger partial charge in [-0.25, -0.2) is 8.42 Å². The Morgan fingerprint density at radius 2 is 2.11 bits per heavy atom. The van der Waals surface area contributed by atoms with Crippen LogP contribution in [0, 0.1) is 0 Å². The minimum Gasteiger partial charge on any atom is -0.378 e. The van der Waals surface area contributed by atoms with Gasteiger partial charge in [-0.3, -0.25) is 4.31 Å². The van der Waals surface area contributed by atoms with Crippen LogP contribution in [0.15, 0.2) is 24.3 Å². The van der Waals surface area contributed by atoms with Gasteiger partial charge in [0.1, 0.15) is 0 Å². The van der Waals surface area contributed by atoms with E-state index in [4.69, 9.17) is 4.74 Å². The van der Waals surface area contributed by atoms with Gasteiger partial charge in [-0.05, 0) is 24.5 Å². The Morgan fingerprint density at radius 3 is 2.78 bits per heavy atom. The van der Waals surface area contributed by atoms with E-state index in [9.17, 15) is 8.42 Å². The van der Waals surface area contributed by atoms with Gasteiger partial charge >= 0.3 is 0 Å². The van der Waals surface area contributed by atoms with Crippen molar-refractivity contribution in [1.82, 2.24) is 0 Å². The summed E-state index contributed by atoms with van der Waals surface area (Å²) >= 11 is 0. The van der Waals surface area contributed by atoms with Crippen LogP contribution >= 0.6 is 0 Å². The van der Waals surface area contributed by atoms with Crippen LogP contribution < -0.4 is 4.31 Å². The van der Waals surface area contributed by atoms with E-state index in [0.29, 0.717) is 6.54 Å². The number of hydrogen-bond acceptors (Lipinski definition) is 3. The van der Waals surface area contributed by atoms with Crippen molar-refractivity contribution in [2.24, 2.45) is 0 Å². The zero-order chi connectivity index (χ0) is 12.8. The van der Waals surface area contributed by atoms with Crippen LogP contribution in [0.4, 0.5) is 5.69 Å². The first-order valence-electron chi connectivity index (χ1n) is 6.25. The Kier molecular flexibility index (Phi) is 2.83. The highest BCUT2D eigenvalue weighted by Gasteiger charge is 2.39. The lowest BCUT2D eigenvalue weighted by molar-refractivity contribution is 0.0929. The molecule has 1 aromatic carbocycles. The summed E-state index contributed by atoms with van der Waals surface area (Å²) in [5, 5.41) is 0. The van der Waals surface area contributed by atoms with E-state index >= 15 is 0 Å². The second-order valence-electron chi connectivity index (χ2n) is 5.01. The zero-order valence-electron chi connectivity index (χ0n) is 10.4. The Hall–Kier alpha value is -1.07. The van der Waals surface area contributed by atoms with Gasteiger partial charge in [-0.2, -0.15) is 0 Å². The number of benzene rings is 1. The number of rotatable bonds is 2. The first kappa shape index (κ1) is 12.0. The van der Waals surface area contributed by atoms with E-state index in [1.54, 1.807) is 0 Å². The SMILES string of the molecule is CS(=O)(=O)N1CC(C2CCCO2)c2ccccc21. The fourth-order valence-corrected chi connectivity index (χ4v) is 3.91. The molecule has 0 radical (unpaired) electrons. The molecule has 98 valence electrons. The van der Waals surface area contributed by atoms with Gasteiger partial charge in [0, 0.05) is 19.1 Å². The monoisotopic (exact) mass is 267 g/mol. The van der Waals surface area contributed by atoms with Crippen molar-refractivity contribution in [3.05, 3.63) is 29.8 Å². The number of sulfonamides is 1. The molecular formula is C13H17NO3S. The lowest BCUT2D eigenvalue weighted by Gasteiger charge is -2.19. The first-order chi connectivity index (χ1) is 8.57. The average Bonchev–Trinajstić information content (AvgIpc) is 2.94. The standard InChI is InChI=1S/C13H17NO3S/c1-18(15,16)14-9-11(13-7-4-8-17-13)10-5-2-3-6-12(10)14/h2-3,5-6,11,13H,4,7-9H2,1H3. The Bertz CT molecular complexity index is 549. The summed E-state index contributed by atoms with van der Waals surface area (Å²) in [4.78, 5) is 0. The van der Waals surface area contributed by atoms with Crippen molar-refractivity contribution in [2.75, 3.05) is 23.7 Å². The van der Waals surface area contributed by atoms with E-state index < -0.39 is 10.0 Å². The molecule has 0 saturated carbocycles. The maximum absolute atomic E-state index is 11.8. The summed E-state index contributed by atoms with van der Waals surface area (Å²) in [5.41, 5.74) is 1.93. The third kappa shape index (κ3) is 1.91. The highest BCUT2D eigenvalue weighted by Crippen LogP contribution is 2.42. The molecule has 2 unspecified atom stereocenters. The van der Waals surface area contributed by atoms with Crippen molar-refractivity contribution in [1.29, 1.82) is 0 Å². The molecule has 0 amide bonds. The molecule has 2 heterocycles. The summed E-state index contributed by atoms with van der Waals surface area (Å²) in [6, 6.07) is 7.75. The molecule has 5 heteroatoms. The first-order valence-corrected chi connectivity index (χ1v) is 8.10. The molecule has 0 aliphatic carbocycles. The van der Waals surface area contributed by atoms with Gasteiger partial charge in [-0.15, -0.1) is 0 Å². The number of nitrogens with zero attached hydrogens (tertiary/aromatic N) is 1. The molecule has 1 fully saturated rings. The molecule has 2 aliphatic heterocycles. The third-order valence-electron chi connectivity index (χ3n) is 3.78. The molecule has 0 N–H and O–H groups in total. The smallest absolute Gasteiger partial charge is 0.232 e. The van der Waals surface area contributed by atoms with Gasteiger partial charge in [0.05, 0.1) is 18.0 Å². The van der Waals surface area contributed by atoms with E-state index in [0.717, 1.165) is 30.7 Å². The van der Waals surface area contributed by atoms with Crippen LogP contribution in [0.5, 0.6) is 0 Å². The van der Waals surface area contributed by atoms with Crippen molar-refractivity contribution in [3.8, 4) is 0 Å². The minimum absolute atomic E-state index is 0.165. The topological polar surface area (TPSA) is 46.6 Å². The normalized spacial score (nSPS) is 27.5. The number of anilines is 1. The predicted molar refractivity (Wildman–Crippen MR) is 70.3 cm³/mol. The average molecular weight is 267 g/mol. The number of fused-ring (bicyclic) bond motifs is 1. The summed E-state index contributed by atoms with van der Waals surface area (Å²) in [5.74, 6) is 0.179. The van der Waals surface area contributed by atoms with Crippen LogP contribution in [-0.2, 0) is 14.8 Å². The van der Waals surface area contributed by atoms with Crippen molar-refractivity contribution in [2.45, 2.75) is 24.9 Å². The predicted octanol–water partition coefficient (Wildman–Crippen LogP) is 1.73. The van der Waals surface area contributed by atoms with Gasteiger partial charge in [0.2, 0.25) is 10.0 Å². The van der Waals surface area contributed by atoms with Gasteiger partial charge in [-0.1, -0.05) is 18.2 Å². The lowest BCUT2D eigenvalue weighted by atomic mass is 9.94. The quantitative estimate of drug-likeness (QED) is 0.820. The molecule has 3 rings (SSSR count). The second-order valence-corrected chi connectivity index (χ2v) is 6.92. The third-order valence-corrected chi connectivity index (χ3v) is 4.93. The van der Waals surface area contributed by atoms with E-state index in [1.807, 2.05) is 24.3 Å². The minimum atomic E-state index is -3.20. The zero-order valence-corrected chi connectivity index (χ0v) is 11.2. The molecule has 2 aliphatic rings. The molecule has 1 saturated heterocycles. The Morgan fingerprint density at radius 1 is 1.33 bits per heavy atom. The molecule has 1 aromatic rings. The molecule has 0 spiro atoms. The van der Waals surface area contributed by atoms with E-state index in [-0.39, 0.29) is 12.0 Å². The van der Waals surface area contributed by atoms with Gasteiger partial charge < -0.3 is 4.74 Å². The Balaban J connectivity index is 2.01. The lowest BCUT2D eigenvalue weighted by Crippen LogP contribution is -2.31. The summed E-state index contributed by atoms with van der Waals surface area (Å²) in [6.45, 7) is 1.31. The molecule has 18 heavy (non-hydrogen) atoms. The highest BCUT2D eigenvalue weighted by atomic mass is 32.2. The van der Waals surface area contributed by atoms with Crippen molar-refractivity contribution < 1.29 is 13.2 Å². The van der Waals surface area contributed by atoms with Gasteiger partial charge in [0.15, 0.2) is 0 Å². The molecule has 4 nitrogen and oxygen atoms in total. The number of para-hydroxylation sites is 1. The van der Waals surface area contributed by atoms with E-state index in [1.165, 1.54) is 10.6 Å². The van der Waals surface area contributed by atoms with E-state index in [2.05, 4.69) is 0 Å². The van der Waals surface area contributed by atoms with Crippen LogP contribution in [-0.4, -0.2) is 33.9 Å². The Labute approximate surface area is 108 Å². The van der Waals surface area contributed by atoms with Crippen LogP contribution in [0.2, 0.25) is 0 Å². The van der Waals surface area contributed by atoms with Crippen LogP contribution in [0.3, 0.4) is 0 Å². The van der Waals surface area contributed by atoms with Crippen LogP contribution in [0.1, 0.15) is 24.3 Å². The molecule has 0 bridgehead atoms. The fraction of sp³-hybridized carbons (Fsp3) is 0.538. The maximum atomic E-state index is 11.8. The largest absolute Gasteiger partial charge is 0.378 e. The highest BCUT2D eigenvalue weighted by molar-refractivity contribution is 7.92. The fourth-order valence-electron chi connectivity index (χ4n) is 2.96.